The summed E-state index contributed by atoms with van der Waals surface area (Å²) in [5.41, 5.74) is 5.91. The number of methoxy groups -OCH3 is 2. The smallest absolute Gasteiger partial charge is 0.338 e. The fourth-order valence-corrected chi connectivity index (χ4v) is 4.15. The minimum Gasteiger partial charge on any atom is -0.504 e. The molecule has 4 aromatic rings. The number of benzene rings is 3. The molecule has 264 valence electrons. The first-order valence-corrected chi connectivity index (χ1v) is 14.8. The molecule has 1 heterocycles. The molecule has 0 radical (unpaired) electrons. The minimum absolute atomic E-state index is 0.0425. The molecule has 1 amide bonds. The summed E-state index contributed by atoms with van der Waals surface area (Å²) in [7, 11) is 5.87. The molecule has 0 saturated heterocycles. The number of hydrogen-bond donors (Lipinski definition) is 3. The summed E-state index contributed by atoms with van der Waals surface area (Å²) in [5.74, 6) is -8.37. The molecule has 0 aliphatic carbocycles. The molecule has 0 fully saturated rings. The van der Waals surface area contributed by atoms with Crippen molar-refractivity contribution in [3.05, 3.63) is 89.0 Å². The van der Waals surface area contributed by atoms with Gasteiger partial charge in [-0.1, -0.05) is 6.07 Å². The minimum atomic E-state index is -1.46. The Hall–Kier alpha value is -6.00. The van der Waals surface area contributed by atoms with E-state index in [1.54, 1.807) is 14.1 Å². The first-order chi connectivity index (χ1) is 23.9. The third-order valence-electron chi connectivity index (χ3n) is 6.66. The maximum absolute atomic E-state index is 16.0. The van der Waals surface area contributed by atoms with Crippen molar-refractivity contribution in [3.8, 4) is 46.3 Å². The number of nitrogen functional groups attached to an aromatic ring is 1. The molecule has 4 rings (SSSR count). The Morgan fingerprint density at radius 1 is 0.820 bits per heavy atom. The number of pyridine rings is 1. The number of nitrogens with zero attached hydrogens (tertiary/aromatic N) is 2. The molecule has 1 aromatic heterocycles. The molecule has 0 spiro atoms. The maximum Gasteiger partial charge on any atom is 0.338 e. The molecule has 14 nitrogen and oxygen atoms in total. The van der Waals surface area contributed by atoms with Gasteiger partial charge < -0.3 is 48.9 Å². The lowest BCUT2D eigenvalue weighted by Crippen LogP contribution is -2.21. The average molecular weight is 697 g/mol. The summed E-state index contributed by atoms with van der Waals surface area (Å²) in [6, 6.07) is 13.1. The highest BCUT2D eigenvalue weighted by Crippen LogP contribution is 2.43. The number of halogens is 2. The van der Waals surface area contributed by atoms with Gasteiger partial charge in [0.15, 0.2) is 23.0 Å². The van der Waals surface area contributed by atoms with Crippen molar-refractivity contribution < 1.29 is 56.6 Å². The number of aromatic nitrogens is 1. The van der Waals surface area contributed by atoms with Crippen LogP contribution in [-0.4, -0.2) is 87.4 Å². The van der Waals surface area contributed by atoms with Gasteiger partial charge in [-0.05, 0) is 54.6 Å². The van der Waals surface area contributed by atoms with E-state index in [4.69, 9.17) is 44.3 Å². The fourth-order valence-electron chi connectivity index (χ4n) is 4.15. The fraction of sp³-hybridized carbons (Fsp3) is 0.235. The lowest BCUT2D eigenvalue weighted by molar-refractivity contribution is 0.0213. The Kier molecular flexibility index (Phi) is 12.4. The van der Waals surface area contributed by atoms with Crippen LogP contribution in [0, 0.1) is 17.0 Å². The van der Waals surface area contributed by atoms with Crippen LogP contribution in [0.3, 0.4) is 0 Å². The van der Waals surface area contributed by atoms with Gasteiger partial charge in [0.1, 0.15) is 18.2 Å². The van der Waals surface area contributed by atoms with Crippen molar-refractivity contribution in [2.45, 2.75) is 0 Å². The lowest BCUT2D eigenvalue weighted by atomic mass is 10.2. The van der Waals surface area contributed by atoms with Gasteiger partial charge in [-0.15, -0.1) is 0 Å². The lowest BCUT2D eigenvalue weighted by Gasteiger charge is -2.17. The number of hydrogen-bond acceptors (Lipinski definition) is 12. The Morgan fingerprint density at radius 3 is 2.18 bits per heavy atom. The van der Waals surface area contributed by atoms with Crippen LogP contribution in [0.2, 0.25) is 0 Å². The molecule has 0 saturated carbocycles. The van der Waals surface area contributed by atoms with E-state index in [0.29, 0.717) is 13.2 Å². The number of carbonyl (C=O) groups is 2. The van der Waals surface area contributed by atoms with E-state index in [1.807, 2.05) is 0 Å². The Morgan fingerprint density at radius 2 is 1.50 bits per heavy atom. The van der Waals surface area contributed by atoms with E-state index in [1.165, 1.54) is 67.7 Å². The van der Waals surface area contributed by atoms with E-state index >= 15 is 8.78 Å². The second-order valence-electron chi connectivity index (χ2n) is 10.4. The zero-order valence-corrected chi connectivity index (χ0v) is 27.5. The van der Waals surface area contributed by atoms with Gasteiger partial charge in [0.2, 0.25) is 17.4 Å². The molecule has 4 N–H and O–H groups in total. The van der Waals surface area contributed by atoms with E-state index in [0.717, 1.165) is 12.1 Å². The summed E-state index contributed by atoms with van der Waals surface area (Å²) in [6.45, 7) is 0.798. The van der Waals surface area contributed by atoms with Gasteiger partial charge in [-0.2, -0.15) is 13.8 Å². The van der Waals surface area contributed by atoms with Crippen LogP contribution in [0.4, 0.5) is 8.78 Å². The summed E-state index contributed by atoms with van der Waals surface area (Å²) in [6.07, 6.45) is 0. The molecule has 0 aliphatic heterocycles. The van der Waals surface area contributed by atoms with Crippen molar-refractivity contribution in [1.82, 2.24) is 9.88 Å². The summed E-state index contributed by atoms with van der Waals surface area (Å²) in [5, 5.41) is 18.0. The zero-order valence-electron chi connectivity index (χ0n) is 27.5. The number of phenolic OH excluding ortho intramolecular Hbond substituents is 1. The van der Waals surface area contributed by atoms with Crippen LogP contribution in [0.15, 0.2) is 60.7 Å². The van der Waals surface area contributed by atoms with Crippen LogP contribution < -0.4 is 24.7 Å². The van der Waals surface area contributed by atoms with Crippen LogP contribution in [0.1, 0.15) is 26.3 Å². The number of phenols is 1. The van der Waals surface area contributed by atoms with Crippen LogP contribution >= 0.6 is 0 Å². The monoisotopic (exact) mass is 696 g/mol. The Labute approximate surface area is 285 Å². The van der Waals surface area contributed by atoms with Gasteiger partial charge in [0.25, 0.3) is 17.7 Å². The molecule has 50 heavy (non-hydrogen) atoms. The van der Waals surface area contributed by atoms with Gasteiger partial charge in [0.05, 0.1) is 32.5 Å². The number of aromatic hydroxyl groups is 1. The van der Waals surface area contributed by atoms with E-state index in [-0.39, 0.29) is 64.6 Å². The molecule has 16 heteroatoms. The summed E-state index contributed by atoms with van der Waals surface area (Å²) in [4.78, 5) is 30.3. The second kappa shape index (κ2) is 16.9. The largest absolute Gasteiger partial charge is 0.504 e. The van der Waals surface area contributed by atoms with E-state index < -0.39 is 40.9 Å². The Bertz CT molecular complexity index is 1870. The highest BCUT2D eigenvalue weighted by atomic mass is 19.1. The maximum atomic E-state index is 16.0. The first-order valence-electron chi connectivity index (χ1n) is 14.8. The van der Waals surface area contributed by atoms with Crippen LogP contribution in [0.5, 0.6) is 46.3 Å². The molecule has 0 unspecified atom stereocenters. The molecule has 0 atom stereocenters. The number of esters is 1. The molecular formula is C34H34F2N4O10. The highest BCUT2D eigenvalue weighted by Gasteiger charge is 2.28. The molecular weight excluding hydrogens is 662 g/mol. The van der Waals surface area contributed by atoms with Crippen molar-refractivity contribution in [1.29, 1.82) is 5.41 Å². The third kappa shape index (κ3) is 9.12. The third-order valence-corrected chi connectivity index (χ3v) is 6.66. The van der Waals surface area contributed by atoms with E-state index in [2.05, 4.69) is 4.98 Å². The van der Waals surface area contributed by atoms with E-state index in [9.17, 15) is 14.7 Å². The zero-order chi connectivity index (χ0) is 36.4. The normalized spacial score (nSPS) is 10.7. The molecule has 3 aromatic carbocycles. The van der Waals surface area contributed by atoms with Crippen LogP contribution in [-0.2, 0) is 14.2 Å². The van der Waals surface area contributed by atoms with Gasteiger partial charge in [0, 0.05) is 32.3 Å². The van der Waals surface area contributed by atoms with Crippen molar-refractivity contribution in [2.24, 2.45) is 5.73 Å². The summed E-state index contributed by atoms with van der Waals surface area (Å²) < 4.78 is 69.5. The van der Waals surface area contributed by atoms with Gasteiger partial charge >= 0.3 is 5.97 Å². The number of carbonyl (C=O) groups excluding carboxylic acids is 2. The van der Waals surface area contributed by atoms with Crippen LogP contribution in [0.25, 0.3) is 0 Å². The standard InChI is InChI=1S/C34H34F2N4O10/c1-40(2)33(42)20-6-5-7-22(16-20)48-31-27(35)29(28(36)32(39-31)50-25-17-19(30(37)38)8-10-23(25)41)49-24-11-9-21(18-26(24)45-4)34(43)47-15-14-46-13-12-44-3/h5-11,16-18,41H,12-15H2,1-4H3,(H3,37,38). The number of ether oxygens (including phenoxy) is 7. The Balaban J connectivity index is 1.71. The highest BCUT2D eigenvalue weighted by molar-refractivity contribution is 5.95. The quantitative estimate of drug-likeness (QED) is 0.0599. The average Bonchev–Trinajstić information content (AvgIpc) is 3.10. The van der Waals surface area contributed by atoms with Crippen molar-refractivity contribution in [3.63, 3.8) is 0 Å². The van der Waals surface area contributed by atoms with Gasteiger partial charge in [-0.3, -0.25) is 10.2 Å². The predicted molar refractivity (Wildman–Crippen MR) is 174 cm³/mol. The van der Waals surface area contributed by atoms with Crippen molar-refractivity contribution in [2.75, 3.05) is 54.7 Å². The predicted octanol–water partition coefficient (Wildman–Crippen LogP) is 5.26. The van der Waals surface area contributed by atoms with Crippen molar-refractivity contribution >= 4 is 17.7 Å². The summed E-state index contributed by atoms with van der Waals surface area (Å²) >= 11 is 0. The number of amidine groups is 1. The topological polar surface area (TPSA) is 185 Å². The molecule has 0 aliphatic rings. The number of nitrogens with one attached hydrogen (secondary N) is 1. The number of amides is 1. The van der Waals surface area contributed by atoms with Gasteiger partial charge in [-0.25, -0.2) is 4.79 Å². The molecule has 0 bridgehead atoms. The first kappa shape index (κ1) is 36.8. The SMILES string of the molecule is COCCOCCOC(=O)c1ccc(Oc2c(F)c(Oc3cccc(C(=O)N(C)C)c3)nc(Oc3cc(C(=N)N)ccc3O)c2F)c(OC)c1. The number of nitrogens with two attached hydrogens (primary N) is 1. The number of rotatable bonds is 16. The second-order valence-corrected chi connectivity index (χ2v) is 10.4.